The third-order valence-electron chi connectivity index (χ3n) is 6.15. The smallest absolute Gasteiger partial charge is 0.254 e. The number of para-hydroxylation sites is 1. The Morgan fingerprint density at radius 3 is 2.42 bits per heavy atom. The minimum atomic E-state index is -0.852. The van der Waals surface area contributed by atoms with E-state index < -0.39 is 12.1 Å². The molecule has 2 atom stereocenters. The van der Waals surface area contributed by atoms with E-state index in [1.54, 1.807) is 31.4 Å². The number of hydrogen-bond donors (Lipinski definition) is 2. The highest BCUT2D eigenvalue weighted by Gasteiger charge is 2.38. The van der Waals surface area contributed by atoms with Crippen molar-refractivity contribution in [2.24, 2.45) is 5.16 Å². The molecule has 3 aromatic carbocycles. The molecule has 0 spiro atoms. The van der Waals surface area contributed by atoms with Gasteiger partial charge >= 0.3 is 0 Å². The number of ether oxygens (including phenoxy) is 1. The molecule has 1 fully saturated rings. The van der Waals surface area contributed by atoms with E-state index in [0.29, 0.717) is 16.8 Å². The molecule has 1 saturated heterocycles. The van der Waals surface area contributed by atoms with Crippen molar-refractivity contribution >= 4 is 17.5 Å². The number of nitrogens with one attached hydrogen (secondary N) is 1. The van der Waals surface area contributed by atoms with Gasteiger partial charge in [0.15, 0.2) is 0 Å². The topological polar surface area (TPSA) is 100 Å². The molecule has 0 radical (unpaired) electrons. The molecule has 1 aliphatic heterocycles. The van der Waals surface area contributed by atoms with Crippen molar-refractivity contribution in [3.05, 3.63) is 90.0 Å². The number of carbonyl (C=O) groups is 2. The Bertz CT molecular complexity index is 1230. The van der Waals surface area contributed by atoms with E-state index >= 15 is 0 Å². The van der Waals surface area contributed by atoms with Gasteiger partial charge in [-0.05, 0) is 29.3 Å². The summed E-state index contributed by atoms with van der Waals surface area (Å²) in [6.07, 6.45) is -0.595. The SMILES string of the molecule is CO/N=C1\C[C@@H](C(=O)NC[C@@H](O)c2ccccc2)N(C(=O)c2ccc(-c3ccccc3OC)cc2)C1. The van der Waals surface area contributed by atoms with Crippen LogP contribution in [0.15, 0.2) is 84.0 Å². The number of oxime groups is 1. The van der Waals surface area contributed by atoms with Crippen molar-refractivity contribution in [1.82, 2.24) is 10.2 Å². The fourth-order valence-corrected chi connectivity index (χ4v) is 4.30. The van der Waals surface area contributed by atoms with Crippen molar-refractivity contribution in [3.63, 3.8) is 0 Å². The highest BCUT2D eigenvalue weighted by atomic mass is 16.6. The molecule has 0 unspecified atom stereocenters. The number of benzene rings is 3. The van der Waals surface area contributed by atoms with Crippen molar-refractivity contribution in [2.75, 3.05) is 27.3 Å². The summed E-state index contributed by atoms with van der Waals surface area (Å²) in [4.78, 5) is 32.9. The lowest BCUT2D eigenvalue weighted by atomic mass is 10.0. The number of amides is 2. The van der Waals surface area contributed by atoms with Gasteiger partial charge < -0.3 is 24.9 Å². The molecule has 186 valence electrons. The van der Waals surface area contributed by atoms with Crippen LogP contribution in [0.2, 0.25) is 0 Å². The Balaban J connectivity index is 1.49. The second-order valence-electron chi connectivity index (χ2n) is 8.44. The fourth-order valence-electron chi connectivity index (χ4n) is 4.30. The molecule has 0 aromatic heterocycles. The first-order chi connectivity index (χ1) is 17.5. The number of hydrogen-bond acceptors (Lipinski definition) is 6. The summed E-state index contributed by atoms with van der Waals surface area (Å²) in [5.41, 5.74) is 3.59. The molecule has 1 heterocycles. The summed E-state index contributed by atoms with van der Waals surface area (Å²) in [6.45, 7) is 0.214. The Hall–Kier alpha value is -4.17. The fraction of sp³-hybridized carbons (Fsp3) is 0.250. The number of likely N-dealkylation sites (tertiary alicyclic amines) is 1. The number of aliphatic hydroxyl groups is 1. The molecule has 8 heteroatoms. The lowest BCUT2D eigenvalue weighted by Gasteiger charge is -2.24. The minimum absolute atomic E-state index is 0.0335. The van der Waals surface area contributed by atoms with Crippen LogP contribution in [-0.2, 0) is 9.63 Å². The number of aliphatic hydroxyl groups excluding tert-OH is 1. The zero-order chi connectivity index (χ0) is 25.5. The molecule has 4 rings (SSSR count). The Morgan fingerprint density at radius 2 is 1.72 bits per heavy atom. The summed E-state index contributed by atoms with van der Waals surface area (Å²) >= 11 is 0. The van der Waals surface area contributed by atoms with Crippen molar-refractivity contribution in [1.29, 1.82) is 0 Å². The van der Waals surface area contributed by atoms with E-state index in [2.05, 4.69) is 10.5 Å². The van der Waals surface area contributed by atoms with E-state index in [1.165, 1.54) is 12.0 Å². The standard InChI is InChI=1S/C28H29N3O5/c1-35-26-11-7-6-10-23(26)19-12-14-21(15-13-19)28(34)31-18-22(30-36-2)16-24(31)27(33)29-17-25(32)20-8-4-3-5-9-20/h3-15,24-25,32H,16-18H2,1-2H3,(H,29,33)/b30-22+/t24-,25+/m0/s1. The second kappa shape index (κ2) is 11.5. The highest BCUT2D eigenvalue weighted by Crippen LogP contribution is 2.30. The molecular formula is C28H29N3O5. The van der Waals surface area contributed by atoms with Gasteiger partial charge in [0.25, 0.3) is 5.91 Å². The van der Waals surface area contributed by atoms with Crippen LogP contribution in [0.25, 0.3) is 11.1 Å². The summed E-state index contributed by atoms with van der Waals surface area (Å²) in [6, 6.07) is 23.2. The lowest BCUT2D eigenvalue weighted by Crippen LogP contribution is -2.46. The monoisotopic (exact) mass is 487 g/mol. The van der Waals surface area contributed by atoms with Gasteiger partial charge in [0.2, 0.25) is 5.91 Å². The van der Waals surface area contributed by atoms with Crippen LogP contribution in [0.4, 0.5) is 0 Å². The van der Waals surface area contributed by atoms with Crippen LogP contribution in [-0.4, -0.2) is 60.9 Å². The van der Waals surface area contributed by atoms with E-state index in [4.69, 9.17) is 9.57 Å². The number of carbonyl (C=O) groups excluding carboxylic acids is 2. The van der Waals surface area contributed by atoms with Gasteiger partial charge in [-0.25, -0.2) is 0 Å². The maximum Gasteiger partial charge on any atom is 0.254 e. The van der Waals surface area contributed by atoms with Gasteiger partial charge in [0.1, 0.15) is 18.9 Å². The maximum absolute atomic E-state index is 13.4. The van der Waals surface area contributed by atoms with E-state index in [-0.39, 0.29) is 31.3 Å². The molecule has 2 amide bonds. The summed E-state index contributed by atoms with van der Waals surface area (Å²) in [7, 11) is 3.05. The number of rotatable bonds is 8. The van der Waals surface area contributed by atoms with Crippen molar-refractivity contribution < 1.29 is 24.3 Å². The lowest BCUT2D eigenvalue weighted by molar-refractivity contribution is -0.125. The Labute approximate surface area is 210 Å². The van der Waals surface area contributed by atoms with Gasteiger partial charge in [0.05, 0.1) is 25.5 Å². The van der Waals surface area contributed by atoms with Gasteiger partial charge in [-0.3, -0.25) is 9.59 Å². The average Bonchev–Trinajstić information content (AvgIpc) is 3.36. The van der Waals surface area contributed by atoms with E-state index in [1.807, 2.05) is 54.6 Å². The molecule has 2 N–H and O–H groups in total. The minimum Gasteiger partial charge on any atom is -0.496 e. The number of nitrogens with zero attached hydrogens (tertiary/aromatic N) is 2. The third-order valence-corrected chi connectivity index (χ3v) is 6.15. The normalized spacial score (nSPS) is 17.0. The Kier molecular flexibility index (Phi) is 7.97. The van der Waals surface area contributed by atoms with Gasteiger partial charge in [-0.15, -0.1) is 0 Å². The molecule has 1 aliphatic rings. The van der Waals surface area contributed by atoms with Crippen LogP contribution in [0.5, 0.6) is 5.75 Å². The average molecular weight is 488 g/mol. The molecule has 0 saturated carbocycles. The summed E-state index contributed by atoms with van der Waals surface area (Å²) < 4.78 is 5.44. The zero-order valence-electron chi connectivity index (χ0n) is 20.3. The molecule has 3 aromatic rings. The van der Waals surface area contributed by atoms with Crippen LogP contribution in [0.1, 0.15) is 28.4 Å². The van der Waals surface area contributed by atoms with Crippen molar-refractivity contribution in [3.8, 4) is 16.9 Å². The second-order valence-corrected chi connectivity index (χ2v) is 8.44. The first kappa shape index (κ1) is 24.9. The largest absolute Gasteiger partial charge is 0.496 e. The molecule has 0 aliphatic carbocycles. The molecule has 0 bridgehead atoms. The first-order valence-electron chi connectivity index (χ1n) is 11.7. The summed E-state index contributed by atoms with van der Waals surface area (Å²) in [5.74, 6) is 0.0999. The summed E-state index contributed by atoms with van der Waals surface area (Å²) in [5, 5.41) is 17.2. The van der Waals surface area contributed by atoms with Crippen LogP contribution in [0.3, 0.4) is 0 Å². The van der Waals surface area contributed by atoms with E-state index in [9.17, 15) is 14.7 Å². The predicted molar refractivity (Wildman–Crippen MR) is 137 cm³/mol. The zero-order valence-corrected chi connectivity index (χ0v) is 20.3. The maximum atomic E-state index is 13.4. The molecular weight excluding hydrogens is 458 g/mol. The molecule has 36 heavy (non-hydrogen) atoms. The van der Waals surface area contributed by atoms with Crippen LogP contribution < -0.4 is 10.1 Å². The Morgan fingerprint density at radius 1 is 1.03 bits per heavy atom. The van der Waals surface area contributed by atoms with Crippen LogP contribution >= 0.6 is 0 Å². The van der Waals surface area contributed by atoms with E-state index in [0.717, 1.165) is 16.9 Å². The van der Waals surface area contributed by atoms with Gasteiger partial charge in [0, 0.05) is 24.1 Å². The number of methoxy groups -OCH3 is 1. The van der Waals surface area contributed by atoms with Gasteiger partial charge in [-0.2, -0.15) is 0 Å². The van der Waals surface area contributed by atoms with Gasteiger partial charge in [-0.1, -0.05) is 65.8 Å². The third kappa shape index (κ3) is 5.55. The van der Waals surface area contributed by atoms with Crippen LogP contribution in [0, 0.1) is 0 Å². The first-order valence-corrected chi connectivity index (χ1v) is 11.7. The van der Waals surface area contributed by atoms with Crippen molar-refractivity contribution in [2.45, 2.75) is 18.6 Å². The quantitative estimate of drug-likeness (QED) is 0.474. The predicted octanol–water partition coefficient (Wildman–Crippen LogP) is 3.43. The molecule has 8 nitrogen and oxygen atoms in total. The highest BCUT2D eigenvalue weighted by molar-refractivity contribution is 6.05.